The molecule has 3 aromatic heterocycles. The van der Waals surface area contributed by atoms with Crippen LogP contribution in [0, 0.1) is 0 Å². The molecule has 0 aliphatic rings. The number of alkyl halides is 2. The molecule has 0 radical (unpaired) electrons. The highest BCUT2D eigenvalue weighted by Gasteiger charge is 2.20. The van der Waals surface area contributed by atoms with Crippen LogP contribution in [-0.4, -0.2) is 54.2 Å². The number of aliphatic hydroxyl groups is 1. The van der Waals surface area contributed by atoms with Crippen molar-refractivity contribution in [1.82, 2.24) is 30.0 Å². The van der Waals surface area contributed by atoms with Gasteiger partial charge in [0.05, 0.1) is 17.8 Å². The van der Waals surface area contributed by atoms with Crippen LogP contribution in [0.5, 0.6) is 11.5 Å². The first kappa shape index (κ1) is 24.3. The highest BCUT2D eigenvalue weighted by molar-refractivity contribution is 5.94. The molecule has 0 aliphatic carbocycles. The number of halogens is 2. The van der Waals surface area contributed by atoms with Crippen LogP contribution in [-0.2, 0) is 6.54 Å². The Labute approximate surface area is 199 Å². The van der Waals surface area contributed by atoms with Crippen molar-refractivity contribution < 1.29 is 28.2 Å². The van der Waals surface area contributed by atoms with Crippen molar-refractivity contribution in [2.24, 2.45) is 0 Å². The maximum absolute atomic E-state index is 12.8. The van der Waals surface area contributed by atoms with Gasteiger partial charge in [-0.25, -0.2) is 14.8 Å². The number of hydrogen-bond donors (Lipinski definition) is 3. The van der Waals surface area contributed by atoms with E-state index in [9.17, 15) is 18.7 Å². The summed E-state index contributed by atoms with van der Waals surface area (Å²) in [5.41, 5.74) is 1.58. The van der Waals surface area contributed by atoms with E-state index in [1.54, 1.807) is 17.7 Å². The molecule has 10 nitrogen and oxygen atoms in total. The summed E-state index contributed by atoms with van der Waals surface area (Å²) in [4.78, 5) is 24.1. The van der Waals surface area contributed by atoms with Crippen molar-refractivity contribution in [3.05, 3.63) is 30.6 Å². The van der Waals surface area contributed by atoms with Crippen LogP contribution in [0.3, 0.4) is 0 Å². The molecule has 0 saturated carbocycles. The van der Waals surface area contributed by atoms with Gasteiger partial charge in [-0.3, -0.25) is 4.68 Å². The van der Waals surface area contributed by atoms with Crippen LogP contribution in [0.2, 0.25) is 0 Å². The van der Waals surface area contributed by atoms with Gasteiger partial charge in [-0.2, -0.15) is 13.9 Å². The lowest BCUT2D eigenvalue weighted by Crippen LogP contribution is -2.42. The van der Waals surface area contributed by atoms with E-state index in [0.29, 0.717) is 46.4 Å². The molecule has 1 amide bonds. The molecule has 0 fully saturated rings. The molecule has 12 heteroatoms. The number of aliphatic hydroxyl groups excluding tert-OH is 1. The number of aromatic amines is 1. The fourth-order valence-corrected chi connectivity index (χ4v) is 3.50. The minimum atomic E-state index is -2.98. The van der Waals surface area contributed by atoms with Gasteiger partial charge in [0, 0.05) is 23.7 Å². The minimum absolute atomic E-state index is 0.0256. The number of rotatable bonds is 7. The van der Waals surface area contributed by atoms with Gasteiger partial charge in [-0.15, -0.1) is 0 Å². The van der Waals surface area contributed by atoms with Gasteiger partial charge in [-0.05, 0) is 52.3 Å². The smallest absolute Gasteiger partial charge is 0.413 e. The molecular formula is C23H26F2N6O4. The Bertz CT molecular complexity index is 1360. The van der Waals surface area contributed by atoms with Crippen LogP contribution in [0.25, 0.3) is 33.5 Å². The van der Waals surface area contributed by atoms with Gasteiger partial charge in [0.25, 0.3) is 0 Å². The quantitative estimate of drug-likeness (QED) is 0.355. The van der Waals surface area contributed by atoms with E-state index in [1.165, 1.54) is 24.5 Å². The number of H-pyrrole nitrogens is 1. The predicted molar refractivity (Wildman–Crippen MR) is 124 cm³/mol. The van der Waals surface area contributed by atoms with E-state index in [0.717, 1.165) is 0 Å². The number of nitrogens with zero attached hydrogens (tertiary/aromatic N) is 4. The topological polar surface area (TPSA) is 127 Å². The van der Waals surface area contributed by atoms with E-state index >= 15 is 0 Å². The number of aryl methyl sites for hydroxylation is 1. The lowest BCUT2D eigenvalue weighted by molar-refractivity contribution is -0.0497. The molecule has 4 rings (SSSR count). The lowest BCUT2D eigenvalue weighted by Gasteiger charge is -2.19. The van der Waals surface area contributed by atoms with Gasteiger partial charge in [0.2, 0.25) is 0 Å². The molecule has 0 saturated heterocycles. The van der Waals surface area contributed by atoms with E-state index in [1.807, 2.05) is 20.8 Å². The van der Waals surface area contributed by atoms with E-state index in [4.69, 9.17) is 4.74 Å². The zero-order valence-corrected chi connectivity index (χ0v) is 19.7. The average Bonchev–Trinajstić information content (AvgIpc) is 3.31. The first-order valence-corrected chi connectivity index (χ1v) is 11.0. The third-order valence-corrected chi connectivity index (χ3v) is 4.97. The summed E-state index contributed by atoms with van der Waals surface area (Å²) >= 11 is 0. The third kappa shape index (κ3) is 5.65. The van der Waals surface area contributed by atoms with Crippen molar-refractivity contribution in [3.8, 4) is 22.9 Å². The van der Waals surface area contributed by atoms with E-state index in [-0.39, 0.29) is 11.5 Å². The second kappa shape index (κ2) is 9.45. The Morgan fingerprint density at radius 1 is 1.31 bits per heavy atom. The minimum Gasteiger partial charge on any atom is -0.435 e. The van der Waals surface area contributed by atoms with Gasteiger partial charge in [-0.1, -0.05) is 0 Å². The molecule has 0 aliphatic heterocycles. The van der Waals surface area contributed by atoms with Crippen molar-refractivity contribution in [1.29, 1.82) is 0 Å². The Morgan fingerprint density at radius 2 is 2.09 bits per heavy atom. The number of aromatic nitrogens is 5. The summed E-state index contributed by atoms with van der Waals surface area (Å²) in [6, 6.07) is 4.51. The zero-order chi connectivity index (χ0) is 25.3. The normalized spacial score (nSPS) is 12.9. The van der Waals surface area contributed by atoms with Crippen molar-refractivity contribution in [2.75, 3.05) is 0 Å². The monoisotopic (exact) mass is 488 g/mol. The van der Waals surface area contributed by atoms with Crippen LogP contribution in [0.15, 0.2) is 30.6 Å². The highest BCUT2D eigenvalue weighted by Crippen LogP contribution is 2.32. The third-order valence-electron chi connectivity index (χ3n) is 4.97. The van der Waals surface area contributed by atoms with Gasteiger partial charge in [0.1, 0.15) is 17.1 Å². The second-order valence-electron chi connectivity index (χ2n) is 9.14. The number of carbonyl (C=O) groups is 1. The van der Waals surface area contributed by atoms with Crippen LogP contribution < -0.4 is 14.8 Å². The molecule has 1 atom stereocenters. The average molecular weight is 488 g/mol. The highest BCUT2D eigenvalue weighted by atomic mass is 19.3. The first-order chi connectivity index (χ1) is 16.5. The van der Waals surface area contributed by atoms with Crippen molar-refractivity contribution >= 4 is 28.2 Å². The Kier molecular flexibility index (Phi) is 6.57. The molecule has 3 N–H and O–H groups in total. The Morgan fingerprint density at radius 3 is 2.77 bits per heavy atom. The number of fused-ring (bicyclic) bond motifs is 2. The maximum Gasteiger partial charge on any atom is 0.413 e. The summed E-state index contributed by atoms with van der Waals surface area (Å²) in [5.74, 6) is 0.151. The molecule has 186 valence electrons. The van der Waals surface area contributed by atoms with Gasteiger partial charge < -0.3 is 24.9 Å². The van der Waals surface area contributed by atoms with Crippen LogP contribution >= 0.6 is 0 Å². The van der Waals surface area contributed by atoms with Crippen molar-refractivity contribution in [2.45, 2.75) is 58.9 Å². The second-order valence-corrected chi connectivity index (χ2v) is 9.14. The maximum atomic E-state index is 12.8. The summed E-state index contributed by atoms with van der Waals surface area (Å²) in [5, 5.41) is 17.5. The van der Waals surface area contributed by atoms with Gasteiger partial charge >= 0.3 is 12.7 Å². The molecular weight excluding hydrogens is 462 g/mol. The van der Waals surface area contributed by atoms with Crippen LogP contribution in [0.4, 0.5) is 13.6 Å². The largest absolute Gasteiger partial charge is 0.435 e. The van der Waals surface area contributed by atoms with E-state index < -0.39 is 24.3 Å². The number of carbonyl (C=O) groups excluding carboxylic acids is 1. The molecule has 1 unspecified atom stereocenters. The summed E-state index contributed by atoms with van der Waals surface area (Å²) in [6.45, 7) is 4.57. The zero-order valence-electron chi connectivity index (χ0n) is 19.7. The molecule has 0 bridgehead atoms. The van der Waals surface area contributed by atoms with Crippen LogP contribution in [0.1, 0.15) is 34.1 Å². The molecule has 0 spiro atoms. The van der Waals surface area contributed by atoms with Crippen molar-refractivity contribution in [3.63, 3.8) is 0 Å². The molecule has 1 aromatic carbocycles. The fraction of sp³-hybridized carbons (Fsp3) is 0.391. The number of nitrogens with one attached hydrogen (secondary N) is 2. The SMILES string of the molecule is CC(O)CCn1nc(-c2cnc3[nH]cc(OC(=O)NC(C)(C)C)c3n2)c2cc(OC(F)F)ccc21. The fourth-order valence-electron chi connectivity index (χ4n) is 3.50. The number of ether oxygens (including phenoxy) is 2. The summed E-state index contributed by atoms with van der Waals surface area (Å²) in [6.07, 6.45) is 2.21. The number of benzene rings is 1. The summed E-state index contributed by atoms with van der Waals surface area (Å²) in [7, 11) is 0. The molecule has 4 aromatic rings. The predicted octanol–water partition coefficient (Wildman–Crippen LogP) is 4.23. The number of hydrogen-bond acceptors (Lipinski definition) is 7. The first-order valence-electron chi connectivity index (χ1n) is 11.0. The Hall–Kier alpha value is -3.80. The molecule has 3 heterocycles. The Balaban J connectivity index is 1.77. The van der Waals surface area contributed by atoms with E-state index in [2.05, 4.69) is 30.1 Å². The standard InChI is InChI=1S/C23H26F2N6O4/c1-12(32)7-8-31-16-6-5-13(34-21(24)25)9-14(16)18(30-31)15-10-26-20-19(28-15)17(11-27-20)35-22(33)29-23(2,3)4/h5-6,9-12,21,32H,7-8H2,1-4H3,(H,26,27)(H,29,33). The van der Waals surface area contributed by atoms with Gasteiger partial charge in [0.15, 0.2) is 16.9 Å². The molecule has 35 heavy (non-hydrogen) atoms. The number of amides is 1. The summed E-state index contributed by atoms with van der Waals surface area (Å²) < 4.78 is 37.3. The lowest BCUT2D eigenvalue weighted by atomic mass is 10.1.